The van der Waals surface area contributed by atoms with E-state index in [0.717, 1.165) is 40.3 Å². The lowest BCUT2D eigenvalue weighted by molar-refractivity contribution is -0.142. The van der Waals surface area contributed by atoms with Crippen LogP contribution in [-0.2, 0) is 11.3 Å². The molecule has 29 heavy (non-hydrogen) atoms. The lowest BCUT2D eigenvalue weighted by Gasteiger charge is -2.25. The number of aryl methyl sites for hydroxylation is 1. The second-order valence-electron chi connectivity index (χ2n) is 7.50. The summed E-state index contributed by atoms with van der Waals surface area (Å²) in [4.78, 5) is 23.0. The number of carbonyl (C=O) groups is 1. The normalized spacial score (nSPS) is 19.4. The van der Waals surface area contributed by atoms with Crippen LogP contribution in [0.4, 0.5) is 5.82 Å². The zero-order chi connectivity index (χ0) is 20.5. The summed E-state index contributed by atoms with van der Waals surface area (Å²) in [5.74, 6) is 0.868. The van der Waals surface area contributed by atoms with E-state index in [1.807, 2.05) is 12.1 Å². The van der Waals surface area contributed by atoms with Crippen molar-refractivity contribution in [2.24, 2.45) is 5.92 Å². The van der Waals surface area contributed by atoms with Crippen molar-refractivity contribution < 1.29 is 9.90 Å². The summed E-state index contributed by atoms with van der Waals surface area (Å²) in [7, 11) is 0. The van der Waals surface area contributed by atoms with Gasteiger partial charge in [0.15, 0.2) is 0 Å². The highest BCUT2D eigenvalue weighted by Gasteiger charge is 2.29. The number of anilines is 1. The van der Waals surface area contributed by atoms with E-state index >= 15 is 0 Å². The van der Waals surface area contributed by atoms with Gasteiger partial charge >= 0.3 is 5.97 Å². The molecule has 0 unspecified atom stereocenters. The summed E-state index contributed by atoms with van der Waals surface area (Å²) in [5.41, 5.74) is 1.02. The largest absolute Gasteiger partial charge is 0.481 e. The predicted molar refractivity (Wildman–Crippen MR) is 118 cm³/mol. The first-order valence-corrected chi connectivity index (χ1v) is 11.2. The van der Waals surface area contributed by atoms with Crippen LogP contribution >= 0.6 is 34.5 Å². The average molecular weight is 450 g/mol. The van der Waals surface area contributed by atoms with Gasteiger partial charge in [0.2, 0.25) is 0 Å². The molecule has 0 saturated heterocycles. The number of aromatic nitrogens is 2. The average Bonchev–Trinajstić information content (AvgIpc) is 3.09. The van der Waals surface area contributed by atoms with Crippen molar-refractivity contribution in [3.8, 4) is 0 Å². The van der Waals surface area contributed by atoms with Crippen molar-refractivity contribution >= 4 is 56.5 Å². The SMILES string of the molecule is Cc1cc2c(NCc3ccc(Cl)c(Cl)c3)nc(C3CCC(C(=O)O)CC3)nc2s1. The van der Waals surface area contributed by atoms with Crippen molar-refractivity contribution in [3.63, 3.8) is 0 Å². The molecule has 152 valence electrons. The van der Waals surface area contributed by atoms with Crippen LogP contribution in [0.3, 0.4) is 0 Å². The standard InChI is InChI=1S/C21H21Cl2N3O2S/c1-11-8-15-19(24-10-12-2-7-16(22)17(23)9-12)25-18(26-20(15)29-11)13-3-5-14(6-4-13)21(27)28/h2,7-9,13-14H,3-6,10H2,1H3,(H,27,28)(H,24,25,26). The topological polar surface area (TPSA) is 75.1 Å². The van der Waals surface area contributed by atoms with Gasteiger partial charge in [-0.3, -0.25) is 4.79 Å². The molecule has 1 fully saturated rings. The Morgan fingerprint density at radius 2 is 1.93 bits per heavy atom. The summed E-state index contributed by atoms with van der Waals surface area (Å²) in [5, 5.41) is 14.7. The van der Waals surface area contributed by atoms with Crippen LogP contribution in [0.25, 0.3) is 10.2 Å². The number of benzene rings is 1. The van der Waals surface area contributed by atoms with Crippen LogP contribution in [0.5, 0.6) is 0 Å². The van der Waals surface area contributed by atoms with Crippen LogP contribution in [0.15, 0.2) is 24.3 Å². The second-order valence-corrected chi connectivity index (χ2v) is 9.54. The fourth-order valence-electron chi connectivity index (χ4n) is 3.81. The monoisotopic (exact) mass is 449 g/mol. The predicted octanol–water partition coefficient (Wildman–Crippen LogP) is 6.28. The Balaban J connectivity index is 1.59. The molecule has 1 aliphatic rings. The molecule has 0 atom stereocenters. The molecule has 0 bridgehead atoms. The Kier molecular flexibility index (Phi) is 5.95. The highest BCUT2D eigenvalue weighted by atomic mass is 35.5. The zero-order valence-corrected chi connectivity index (χ0v) is 18.2. The molecular weight excluding hydrogens is 429 g/mol. The highest BCUT2D eigenvalue weighted by Crippen LogP contribution is 2.37. The fourth-order valence-corrected chi connectivity index (χ4v) is 5.02. The van der Waals surface area contributed by atoms with Crippen LogP contribution in [0.2, 0.25) is 10.0 Å². The van der Waals surface area contributed by atoms with Gasteiger partial charge in [-0.15, -0.1) is 11.3 Å². The number of aliphatic carboxylic acids is 1. The first-order valence-electron chi connectivity index (χ1n) is 9.59. The molecule has 0 spiro atoms. The van der Waals surface area contributed by atoms with E-state index < -0.39 is 5.97 Å². The maximum Gasteiger partial charge on any atom is 0.306 e. The summed E-state index contributed by atoms with van der Waals surface area (Å²) >= 11 is 13.8. The smallest absolute Gasteiger partial charge is 0.306 e. The lowest BCUT2D eigenvalue weighted by Crippen LogP contribution is -2.21. The number of fused-ring (bicyclic) bond motifs is 1. The van der Waals surface area contributed by atoms with E-state index in [0.29, 0.717) is 29.4 Å². The molecule has 1 aromatic carbocycles. The van der Waals surface area contributed by atoms with E-state index in [4.69, 9.17) is 33.2 Å². The van der Waals surface area contributed by atoms with Gasteiger partial charge in [-0.2, -0.15) is 0 Å². The van der Waals surface area contributed by atoms with Gasteiger partial charge in [-0.1, -0.05) is 29.3 Å². The third-order valence-electron chi connectivity index (χ3n) is 5.42. The number of nitrogens with one attached hydrogen (secondary N) is 1. The number of halogens is 2. The van der Waals surface area contributed by atoms with Gasteiger partial charge in [0.25, 0.3) is 0 Å². The van der Waals surface area contributed by atoms with Gasteiger partial charge in [-0.25, -0.2) is 9.97 Å². The fraction of sp³-hybridized carbons (Fsp3) is 0.381. The van der Waals surface area contributed by atoms with E-state index in [1.54, 1.807) is 17.4 Å². The lowest BCUT2D eigenvalue weighted by atomic mass is 9.81. The number of hydrogen-bond acceptors (Lipinski definition) is 5. The highest BCUT2D eigenvalue weighted by molar-refractivity contribution is 7.18. The van der Waals surface area contributed by atoms with Gasteiger partial charge in [-0.05, 0) is 56.4 Å². The van der Waals surface area contributed by atoms with Crippen molar-refractivity contribution in [1.82, 2.24) is 9.97 Å². The second kappa shape index (κ2) is 8.46. The number of carboxylic acid groups (broad SMARTS) is 1. The molecule has 1 saturated carbocycles. The Bertz CT molecular complexity index is 1060. The van der Waals surface area contributed by atoms with Crippen molar-refractivity contribution in [2.75, 3.05) is 5.32 Å². The molecule has 0 aliphatic heterocycles. The van der Waals surface area contributed by atoms with Gasteiger partial charge in [0.1, 0.15) is 16.5 Å². The summed E-state index contributed by atoms with van der Waals surface area (Å²) < 4.78 is 0. The maximum atomic E-state index is 11.2. The molecule has 1 aliphatic carbocycles. The Morgan fingerprint density at radius 3 is 2.62 bits per heavy atom. The van der Waals surface area contributed by atoms with Crippen LogP contribution in [0, 0.1) is 12.8 Å². The molecule has 2 heterocycles. The molecule has 3 aromatic rings. The summed E-state index contributed by atoms with van der Waals surface area (Å²) in [6.07, 6.45) is 2.96. The number of carboxylic acids is 1. The molecule has 2 aromatic heterocycles. The Hall–Kier alpha value is -1.89. The molecule has 0 amide bonds. The third kappa shape index (κ3) is 4.49. The maximum absolute atomic E-state index is 11.2. The van der Waals surface area contributed by atoms with Crippen LogP contribution < -0.4 is 5.32 Å². The van der Waals surface area contributed by atoms with Gasteiger partial charge in [0, 0.05) is 17.3 Å². The summed E-state index contributed by atoms with van der Waals surface area (Å²) in [6.45, 7) is 2.63. The van der Waals surface area contributed by atoms with Crippen molar-refractivity contribution in [1.29, 1.82) is 0 Å². The molecule has 4 rings (SSSR count). The van der Waals surface area contributed by atoms with Crippen LogP contribution in [0.1, 0.15) is 47.9 Å². The number of thiophene rings is 1. The molecular formula is C21H21Cl2N3O2S. The number of rotatable bonds is 5. The van der Waals surface area contributed by atoms with E-state index in [1.165, 1.54) is 4.88 Å². The van der Waals surface area contributed by atoms with E-state index in [9.17, 15) is 9.90 Å². The van der Waals surface area contributed by atoms with Crippen LogP contribution in [-0.4, -0.2) is 21.0 Å². The molecule has 8 heteroatoms. The number of hydrogen-bond donors (Lipinski definition) is 2. The van der Waals surface area contributed by atoms with Gasteiger partial charge < -0.3 is 10.4 Å². The number of nitrogens with zero attached hydrogens (tertiary/aromatic N) is 2. The quantitative estimate of drug-likeness (QED) is 0.479. The van der Waals surface area contributed by atoms with Gasteiger partial charge in [0.05, 0.1) is 21.3 Å². The van der Waals surface area contributed by atoms with Crippen molar-refractivity contribution in [3.05, 3.63) is 50.6 Å². The minimum atomic E-state index is -0.697. The van der Waals surface area contributed by atoms with Crippen molar-refractivity contribution in [2.45, 2.75) is 45.1 Å². The third-order valence-corrected chi connectivity index (χ3v) is 7.10. The Morgan fingerprint density at radius 1 is 1.17 bits per heavy atom. The molecule has 5 nitrogen and oxygen atoms in total. The molecule has 2 N–H and O–H groups in total. The van der Waals surface area contributed by atoms with E-state index in [-0.39, 0.29) is 11.8 Å². The minimum Gasteiger partial charge on any atom is -0.481 e. The zero-order valence-electron chi connectivity index (χ0n) is 15.9. The minimum absolute atomic E-state index is 0.197. The first kappa shape index (κ1) is 20.4. The molecule has 0 radical (unpaired) electrons. The summed E-state index contributed by atoms with van der Waals surface area (Å²) in [6, 6.07) is 7.68. The van der Waals surface area contributed by atoms with E-state index in [2.05, 4.69) is 18.3 Å². The Labute approximate surface area is 183 Å². The first-order chi connectivity index (χ1) is 13.9.